The zero-order chi connectivity index (χ0) is 10.1. The van der Waals surface area contributed by atoms with Gasteiger partial charge in [0.15, 0.2) is 0 Å². The summed E-state index contributed by atoms with van der Waals surface area (Å²) in [4.78, 5) is 11.6. The molecule has 0 amide bonds. The van der Waals surface area contributed by atoms with E-state index >= 15 is 0 Å². The molecule has 2 rings (SSSR count). The summed E-state index contributed by atoms with van der Waals surface area (Å²) >= 11 is 0. The Balaban J connectivity index is 2.31. The second-order valence-electron chi connectivity index (χ2n) is 4.37. The Kier molecular flexibility index (Phi) is 2.40. The van der Waals surface area contributed by atoms with Crippen LogP contribution in [0, 0.1) is 11.8 Å². The fourth-order valence-corrected chi connectivity index (χ4v) is 2.62. The van der Waals surface area contributed by atoms with Crippen LogP contribution in [0.5, 0.6) is 0 Å². The van der Waals surface area contributed by atoms with Gasteiger partial charge in [-0.25, -0.2) is 0 Å². The molecule has 1 fully saturated rings. The Labute approximate surface area is 85.1 Å². The van der Waals surface area contributed by atoms with E-state index in [4.69, 9.17) is 0 Å². The number of benzene rings is 1. The molecule has 74 valence electrons. The molecule has 0 bridgehead atoms. The molecule has 1 nitrogen and oxygen atoms in total. The fourth-order valence-electron chi connectivity index (χ4n) is 2.62. The zero-order valence-electron chi connectivity index (χ0n) is 8.73. The van der Waals surface area contributed by atoms with Gasteiger partial charge in [0.25, 0.3) is 0 Å². The van der Waals surface area contributed by atoms with Gasteiger partial charge < -0.3 is 0 Å². The molecule has 0 heterocycles. The van der Waals surface area contributed by atoms with Crippen LogP contribution in [0.3, 0.4) is 0 Å². The highest BCUT2D eigenvalue weighted by Gasteiger charge is 2.37. The normalized spacial score (nSPS) is 32.1. The minimum Gasteiger partial charge on any atom is -0.299 e. The van der Waals surface area contributed by atoms with E-state index in [0.717, 1.165) is 6.42 Å². The molecule has 1 aliphatic rings. The lowest BCUT2D eigenvalue weighted by molar-refractivity contribution is -0.120. The predicted molar refractivity (Wildman–Crippen MR) is 57.1 cm³/mol. The molecular weight excluding hydrogens is 172 g/mol. The van der Waals surface area contributed by atoms with Crippen LogP contribution >= 0.6 is 0 Å². The molecule has 1 heteroatoms. The number of rotatable bonds is 1. The molecule has 1 unspecified atom stereocenters. The first-order chi connectivity index (χ1) is 6.70. The van der Waals surface area contributed by atoms with Gasteiger partial charge in [0, 0.05) is 12.3 Å². The molecule has 3 atom stereocenters. The first-order valence-corrected chi connectivity index (χ1v) is 5.28. The highest BCUT2D eigenvalue weighted by atomic mass is 16.1. The summed E-state index contributed by atoms with van der Waals surface area (Å²) in [5.41, 5.74) is 1.32. The average molecular weight is 188 g/mol. The number of carbonyl (C=O) groups is 1. The van der Waals surface area contributed by atoms with E-state index in [0.29, 0.717) is 17.6 Å². The maximum Gasteiger partial charge on any atom is 0.136 e. The van der Waals surface area contributed by atoms with Crippen molar-refractivity contribution in [2.45, 2.75) is 26.2 Å². The van der Waals surface area contributed by atoms with Crippen molar-refractivity contribution >= 4 is 5.78 Å². The van der Waals surface area contributed by atoms with Crippen LogP contribution in [-0.4, -0.2) is 5.78 Å². The fraction of sp³-hybridized carbons (Fsp3) is 0.462. The molecular formula is C13H16O. The van der Waals surface area contributed by atoms with Crippen LogP contribution in [0.4, 0.5) is 0 Å². The van der Waals surface area contributed by atoms with Crippen LogP contribution in [-0.2, 0) is 4.79 Å². The first kappa shape index (κ1) is 9.45. The van der Waals surface area contributed by atoms with E-state index < -0.39 is 0 Å². The third-order valence-corrected chi connectivity index (χ3v) is 3.37. The van der Waals surface area contributed by atoms with Gasteiger partial charge in [-0.2, -0.15) is 0 Å². The van der Waals surface area contributed by atoms with Crippen molar-refractivity contribution in [2.24, 2.45) is 11.8 Å². The first-order valence-electron chi connectivity index (χ1n) is 5.28. The van der Waals surface area contributed by atoms with Crippen molar-refractivity contribution in [2.75, 3.05) is 0 Å². The highest BCUT2D eigenvalue weighted by molar-refractivity contribution is 5.84. The van der Waals surface area contributed by atoms with Gasteiger partial charge in [-0.05, 0) is 17.4 Å². The van der Waals surface area contributed by atoms with Crippen molar-refractivity contribution in [3.63, 3.8) is 0 Å². The molecule has 1 saturated carbocycles. The van der Waals surface area contributed by atoms with Gasteiger partial charge in [-0.15, -0.1) is 0 Å². The third-order valence-electron chi connectivity index (χ3n) is 3.37. The second-order valence-corrected chi connectivity index (χ2v) is 4.37. The molecule has 0 N–H and O–H groups in total. The smallest absolute Gasteiger partial charge is 0.136 e. The third kappa shape index (κ3) is 1.47. The quantitative estimate of drug-likeness (QED) is 0.662. The van der Waals surface area contributed by atoms with Crippen molar-refractivity contribution in [1.29, 1.82) is 0 Å². The van der Waals surface area contributed by atoms with Crippen molar-refractivity contribution in [3.05, 3.63) is 35.9 Å². The largest absolute Gasteiger partial charge is 0.299 e. The summed E-state index contributed by atoms with van der Waals surface area (Å²) < 4.78 is 0. The summed E-state index contributed by atoms with van der Waals surface area (Å²) in [5.74, 6) is 1.56. The van der Waals surface area contributed by atoms with Gasteiger partial charge >= 0.3 is 0 Å². The Morgan fingerprint density at radius 2 is 1.79 bits per heavy atom. The number of carbonyl (C=O) groups excluding carboxylic acids is 1. The van der Waals surface area contributed by atoms with E-state index in [9.17, 15) is 4.79 Å². The number of hydrogen-bond acceptors (Lipinski definition) is 1. The topological polar surface area (TPSA) is 17.1 Å². The minimum absolute atomic E-state index is 0.201. The van der Waals surface area contributed by atoms with E-state index in [1.165, 1.54) is 5.56 Å². The van der Waals surface area contributed by atoms with Crippen LogP contribution < -0.4 is 0 Å². The highest BCUT2D eigenvalue weighted by Crippen LogP contribution is 2.41. The summed E-state index contributed by atoms with van der Waals surface area (Å²) in [6, 6.07) is 10.4. The molecule has 1 aromatic rings. The Bertz CT molecular complexity index is 328. The van der Waals surface area contributed by atoms with Crippen molar-refractivity contribution in [3.8, 4) is 0 Å². The number of Topliss-reactive ketones (excluding diaryl/α,β-unsaturated/α-hetero) is 1. The standard InChI is InChI=1S/C13H16O/c1-9-8-12(14)10(2)13(9)11-6-4-3-5-7-11/h3-7,9-10,13H,8H2,1-2H3/t9-,10?,13+/m0/s1. The molecule has 0 radical (unpaired) electrons. The lowest BCUT2D eigenvalue weighted by atomic mass is 9.85. The van der Waals surface area contributed by atoms with Gasteiger partial charge in [0.05, 0.1) is 0 Å². The van der Waals surface area contributed by atoms with E-state index in [2.05, 4.69) is 38.1 Å². The minimum atomic E-state index is 0.201. The second kappa shape index (κ2) is 3.56. The van der Waals surface area contributed by atoms with Crippen molar-refractivity contribution < 1.29 is 4.79 Å². The number of ketones is 1. The van der Waals surface area contributed by atoms with E-state index in [1.54, 1.807) is 0 Å². The van der Waals surface area contributed by atoms with Gasteiger partial charge in [-0.3, -0.25) is 4.79 Å². The molecule has 1 aromatic carbocycles. The zero-order valence-corrected chi connectivity index (χ0v) is 8.73. The molecule has 0 spiro atoms. The molecule has 0 saturated heterocycles. The van der Waals surface area contributed by atoms with E-state index in [1.807, 2.05) is 6.07 Å². The van der Waals surface area contributed by atoms with E-state index in [-0.39, 0.29) is 5.92 Å². The summed E-state index contributed by atoms with van der Waals surface area (Å²) in [7, 11) is 0. The summed E-state index contributed by atoms with van der Waals surface area (Å²) in [6.45, 7) is 4.24. The maximum absolute atomic E-state index is 11.6. The Hall–Kier alpha value is -1.11. The monoisotopic (exact) mass is 188 g/mol. The van der Waals surface area contributed by atoms with Gasteiger partial charge in [-0.1, -0.05) is 44.2 Å². The van der Waals surface area contributed by atoms with Gasteiger partial charge in [0.1, 0.15) is 5.78 Å². The molecule has 0 aromatic heterocycles. The average Bonchev–Trinajstić information content (AvgIpc) is 2.43. The molecule has 14 heavy (non-hydrogen) atoms. The summed E-state index contributed by atoms with van der Waals surface area (Å²) in [5, 5.41) is 0. The van der Waals surface area contributed by atoms with Crippen LogP contribution in [0.25, 0.3) is 0 Å². The lowest BCUT2D eigenvalue weighted by Crippen LogP contribution is -2.11. The predicted octanol–water partition coefficient (Wildman–Crippen LogP) is 3.02. The van der Waals surface area contributed by atoms with Crippen molar-refractivity contribution in [1.82, 2.24) is 0 Å². The Morgan fingerprint density at radius 1 is 1.14 bits per heavy atom. The molecule has 0 aliphatic heterocycles. The lowest BCUT2D eigenvalue weighted by Gasteiger charge is -2.18. The van der Waals surface area contributed by atoms with Gasteiger partial charge in [0.2, 0.25) is 0 Å². The van der Waals surface area contributed by atoms with Crippen LogP contribution in [0.2, 0.25) is 0 Å². The SMILES string of the molecule is CC1C(=O)C[C@H](C)[C@H]1c1ccccc1. The summed E-state index contributed by atoms with van der Waals surface area (Å²) in [6.07, 6.45) is 0.751. The maximum atomic E-state index is 11.6. The van der Waals surface area contributed by atoms with Crippen LogP contribution in [0.15, 0.2) is 30.3 Å². The Morgan fingerprint density at radius 3 is 2.29 bits per heavy atom. The van der Waals surface area contributed by atoms with Crippen LogP contribution in [0.1, 0.15) is 31.7 Å². The number of hydrogen-bond donors (Lipinski definition) is 0. The molecule has 1 aliphatic carbocycles.